The summed E-state index contributed by atoms with van der Waals surface area (Å²) in [6, 6.07) is 2.04. The van der Waals surface area contributed by atoms with Gasteiger partial charge in [-0.3, -0.25) is 4.57 Å². The normalized spacial score (nSPS) is 11.8. The molecule has 0 bridgehead atoms. The fraction of sp³-hybridized carbons (Fsp3) is 0.182. The van der Waals surface area contributed by atoms with E-state index in [1.807, 2.05) is 36.9 Å². The van der Waals surface area contributed by atoms with Gasteiger partial charge in [-0.1, -0.05) is 0 Å². The smallest absolute Gasteiger partial charge is 0.161 e. The number of hydrogen-bond acceptors (Lipinski definition) is 3. The van der Waals surface area contributed by atoms with Crippen molar-refractivity contribution >= 4 is 26.2 Å². The summed E-state index contributed by atoms with van der Waals surface area (Å²) < 4.78 is 1.85. The molecule has 0 aliphatic heterocycles. The van der Waals surface area contributed by atoms with Crippen molar-refractivity contribution in [1.29, 1.82) is 0 Å². The molecule has 16 heavy (non-hydrogen) atoms. The van der Waals surface area contributed by atoms with Crippen LogP contribution in [0.1, 0.15) is 12.5 Å². The van der Waals surface area contributed by atoms with Crippen LogP contribution in [-0.4, -0.2) is 20.4 Å². The summed E-state index contributed by atoms with van der Waals surface area (Å²) in [6.07, 6.45) is 7.11. The second kappa shape index (κ2) is 4.54. The minimum absolute atomic E-state index is 0.724. The maximum absolute atomic E-state index is 4.45. The van der Waals surface area contributed by atoms with E-state index in [2.05, 4.69) is 24.2 Å². The summed E-state index contributed by atoms with van der Waals surface area (Å²) in [4.78, 5) is 12.7. The molecule has 0 aliphatic carbocycles. The largest absolute Gasteiger partial charge is 0.294 e. The molecule has 0 amide bonds. The van der Waals surface area contributed by atoms with E-state index in [4.69, 9.17) is 0 Å². The van der Waals surface area contributed by atoms with Gasteiger partial charge in [-0.15, -0.1) is 9.24 Å². The molecule has 0 aliphatic rings. The Kier molecular flexibility index (Phi) is 3.11. The van der Waals surface area contributed by atoms with E-state index in [1.165, 1.54) is 0 Å². The zero-order chi connectivity index (χ0) is 11.5. The molecule has 2 heterocycles. The maximum atomic E-state index is 4.45. The SMILES string of the molecule is CC(=Nc1ncc(C)cc1P)n1ccnc1. The Morgan fingerprint density at radius 2 is 2.31 bits per heavy atom. The van der Waals surface area contributed by atoms with Crippen LogP contribution in [0.3, 0.4) is 0 Å². The fourth-order valence-electron chi connectivity index (χ4n) is 1.34. The molecule has 0 aromatic carbocycles. The van der Waals surface area contributed by atoms with Crippen LogP contribution in [0.4, 0.5) is 5.82 Å². The third kappa shape index (κ3) is 2.34. The third-order valence-corrected chi connectivity index (χ3v) is 2.60. The number of nitrogens with zero attached hydrogens (tertiary/aromatic N) is 4. The van der Waals surface area contributed by atoms with Crippen LogP contribution in [-0.2, 0) is 0 Å². The van der Waals surface area contributed by atoms with E-state index in [0.29, 0.717) is 0 Å². The van der Waals surface area contributed by atoms with Crippen LogP contribution in [0.5, 0.6) is 0 Å². The summed E-state index contributed by atoms with van der Waals surface area (Å²) in [5.74, 6) is 1.57. The number of aromatic nitrogens is 3. The zero-order valence-corrected chi connectivity index (χ0v) is 10.4. The van der Waals surface area contributed by atoms with Crippen molar-refractivity contribution in [2.75, 3.05) is 0 Å². The van der Waals surface area contributed by atoms with Gasteiger partial charge in [0.1, 0.15) is 12.2 Å². The van der Waals surface area contributed by atoms with E-state index in [9.17, 15) is 0 Å². The highest BCUT2D eigenvalue weighted by Gasteiger charge is 2.00. The second-order valence-corrected chi connectivity index (χ2v) is 4.18. The highest BCUT2D eigenvalue weighted by atomic mass is 31.0. The topological polar surface area (TPSA) is 43.1 Å². The first-order valence-electron chi connectivity index (χ1n) is 4.92. The van der Waals surface area contributed by atoms with E-state index in [1.54, 1.807) is 12.5 Å². The van der Waals surface area contributed by atoms with Crippen LogP contribution >= 0.6 is 9.24 Å². The number of rotatable bonds is 1. The first-order valence-corrected chi connectivity index (χ1v) is 5.50. The predicted octanol–water partition coefficient (Wildman–Crippen LogP) is 1.69. The average Bonchev–Trinajstić information content (AvgIpc) is 2.75. The first-order chi connectivity index (χ1) is 7.66. The van der Waals surface area contributed by atoms with Gasteiger partial charge in [0, 0.05) is 23.9 Å². The average molecular weight is 232 g/mol. The third-order valence-electron chi connectivity index (χ3n) is 2.18. The number of aliphatic imine (C=N–C) groups is 1. The molecule has 4 nitrogen and oxygen atoms in total. The zero-order valence-electron chi connectivity index (χ0n) is 9.25. The lowest BCUT2D eigenvalue weighted by molar-refractivity contribution is 1.10. The molecule has 2 rings (SSSR count). The van der Waals surface area contributed by atoms with Crippen molar-refractivity contribution in [3.8, 4) is 0 Å². The second-order valence-electron chi connectivity index (χ2n) is 3.55. The van der Waals surface area contributed by atoms with Gasteiger partial charge in [0.25, 0.3) is 0 Å². The molecule has 5 heteroatoms. The Morgan fingerprint density at radius 1 is 1.50 bits per heavy atom. The molecular weight excluding hydrogens is 219 g/mol. The molecule has 0 spiro atoms. The van der Waals surface area contributed by atoms with Crippen molar-refractivity contribution in [2.45, 2.75) is 13.8 Å². The van der Waals surface area contributed by atoms with E-state index < -0.39 is 0 Å². The molecule has 1 unspecified atom stereocenters. The summed E-state index contributed by atoms with van der Waals surface area (Å²) in [7, 11) is 2.65. The molecule has 1 atom stereocenters. The highest BCUT2D eigenvalue weighted by molar-refractivity contribution is 7.28. The van der Waals surface area contributed by atoms with Crippen LogP contribution in [0.25, 0.3) is 0 Å². The van der Waals surface area contributed by atoms with Gasteiger partial charge in [0.05, 0.1) is 0 Å². The van der Waals surface area contributed by atoms with Gasteiger partial charge in [0.15, 0.2) is 5.82 Å². The fourth-order valence-corrected chi connectivity index (χ4v) is 1.74. The van der Waals surface area contributed by atoms with Crippen LogP contribution in [0.15, 0.2) is 36.0 Å². The van der Waals surface area contributed by atoms with Crippen molar-refractivity contribution in [3.63, 3.8) is 0 Å². The monoisotopic (exact) mass is 232 g/mol. The molecule has 82 valence electrons. The number of imidazole rings is 1. The van der Waals surface area contributed by atoms with E-state index in [0.717, 1.165) is 22.5 Å². The molecular formula is C11H13N4P. The summed E-state index contributed by atoms with van der Waals surface area (Å²) >= 11 is 0. The Labute approximate surface area is 96.7 Å². The Balaban J connectivity index is 2.36. The Hall–Kier alpha value is -1.54. The highest BCUT2D eigenvalue weighted by Crippen LogP contribution is 2.10. The van der Waals surface area contributed by atoms with Crippen LogP contribution in [0, 0.1) is 6.92 Å². The number of pyridine rings is 1. The van der Waals surface area contributed by atoms with E-state index in [-0.39, 0.29) is 0 Å². The summed E-state index contributed by atoms with van der Waals surface area (Å²) in [5, 5.41) is 1.000. The van der Waals surface area contributed by atoms with Gasteiger partial charge < -0.3 is 0 Å². The molecule has 0 saturated carbocycles. The number of hydrogen-bond donors (Lipinski definition) is 0. The van der Waals surface area contributed by atoms with Gasteiger partial charge in [-0.25, -0.2) is 15.0 Å². The lowest BCUT2D eigenvalue weighted by atomic mass is 10.3. The van der Waals surface area contributed by atoms with Crippen molar-refractivity contribution in [2.24, 2.45) is 4.99 Å². The molecule has 0 N–H and O–H groups in total. The predicted molar refractivity (Wildman–Crippen MR) is 68.7 cm³/mol. The first kappa shape index (κ1) is 11.0. The minimum atomic E-state index is 0.724. The quantitative estimate of drug-likeness (QED) is 0.426. The van der Waals surface area contributed by atoms with Crippen molar-refractivity contribution in [1.82, 2.24) is 14.5 Å². The molecule has 0 fully saturated rings. The lowest BCUT2D eigenvalue weighted by Crippen LogP contribution is -2.06. The van der Waals surface area contributed by atoms with Gasteiger partial charge in [-0.2, -0.15) is 0 Å². The van der Waals surface area contributed by atoms with Crippen LogP contribution in [0.2, 0.25) is 0 Å². The van der Waals surface area contributed by atoms with Gasteiger partial charge in [0.2, 0.25) is 0 Å². The molecule has 2 aromatic heterocycles. The van der Waals surface area contributed by atoms with Gasteiger partial charge >= 0.3 is 0 Å². The molecule has 2 aromatic rings. The standard InChI is InChI=1S/C11H13N4P/c1-8-5-10(16)11(13-6-8)14-9(2)15-4-3-12-7-15/h3-7H,16H2,1-2H3. The van der Waals surface area contributed by atoms with Crippen molar-refractivity contribution in [3.05, 3.63) is 36.5 Å². The maximum Gasteiger partial charge on any atom is 0.161 e. The minimum Gasteiger partial charge on any atom is -0.294 e. The Morgan fingerprint density at radius 3 is 2.94 bits per heavy atom. The summed E-state index contributed by atoms with van der Waals surface area (Å²) in [5.41, 5.74) is 1.13. The summed E-state index contributed by atoms with van der Waals surface area (Å²) in [6.45, 7) is 3.93. The van der Waals surface area contributed by atoms with E-state index >= 15 is 0 Å². The Bertz CT molecular complexity index is 517. The number of aryl methyl sites for hydroxylation is 1. The molecule has 0 radical (unpaired) electrons. The molecule has 0 saturated heterocycles. The van der Waals surface area contributed by atoms with Gasteiger partial charge in [-0.05, 0) is 25.5 Å². The van der Waals surface area contributed by atoms with Crippen molar-refractivity contribution < 1.29 is 0 Å². The lowest BCUT2D eigenvalue weighted by Gasteiger charge is -2.03. The van der Waals surface area contributed by atoms with Crippen LogP contribution < -0.4 is 5.30 Å².